The Kier molecular flexibility index (Phi) is 2.39. The molecule has 74 valence electrons. The van der Waals surface area contributed by atoms with Gasteiger partial charge in [0, 0.05) is 11.6 Å². The summed E-state index contributed by atoms with van der Waals surface area (Å²) in [6, 6.07) is 10.5. The Labute approximate surface area is 84.0 Å². The van der Waals surface area contributed by atoms with Crippen LogP contribution < -0.4 is 0 Å². The molecule has 0 N–H and O–H groups in total. The van der Waals surface area contributed by atoms with Gasteiger partial charge in [-0.3, -0.25) is 0 Å². The highest BCUT2D eigenvalue weighted by Gasteiger charge is 2.25. The third-order valence-corrected chi connectivity index (χ3v) is 2.29. The van der Waals surface area contributed by atoms with E-state index in [4.69, 9.17) is 4.84 Å². The molecule has 0 aromatic heterocycles. The van der Waals surface area contributed by atoms with Gasteiger partial charge in [-0.1, -0.05) is 35.5 Å². The highest BCUT2D eigenvalue weighted by Crippen LogP contribution is 2.26. The largest absolute Gasteiger partial charge is 0.364 e. The van der Waals surface area contributed by atoms with Gasteiger partial charge in [0.1, 0.15) is 6.34 Å². The summed E-state index contributed by atoms with van der Waals surface area (Å²) < 4.78 is 0. The first-order chi connectivity index (χ1) is 6.79. The van der Waals surface area contributed by atoms with Crippen LogP contribution in [-0.2, 0) is 4.84 Å². The quantitative estimate of drug-likeness (QED) is 0.715. The molecule has 0 amide bonds. The van der Waals surface area contributed by atoms with Crippen LogP contribution >= 0.6 is 0 Å². The highest BCUT2D eigenvalue weighted by atomic mass is 16.7. The molecule has 0 saturated heterocycles. The van der Waals surface area contributed by atoms with Gasteiger partial charge in [0.05, 0.1) is 0 Å². The lowest BCUT2D eigenvalue weighted by molar-refractivity contribution is -0.00170. The number of hydrogen-bond donors (Lipinski definition) is 0. The number of hydrogen-bond acceptors (Lipinski definition) is 3. The van der Waals surface area contributed by atoms with Gasteiger partial charge >= 0.3 is 0 Å². The minimum Gasteiger partial charge on any atom is -0.364 e. The van der Waals surface area contributed by atoms with E-state index in [9.17, 15) is 0 Å². The van der Waals surface area contributed by atoms with Crippen molar-refractivity contribution in [2.24, 2.45) is 5.16 Å². The van der Waals surface area contributed by atoms with Gasteiger partial charge in [-0.2, -0.15) is 0 Å². The summed E-state index contributed by atoms with van der Waals surface area (Å²) in [4.78, 5) is 7.40. The van der Waals surface area contributed by atoms with Crippen LogP contribution in [0.4, 0.5) is 0 Å². The Morgan fingerprint density at radius 3 is 2.64 bits per heavy atom. The van der Waals surface area contributed by atoms with E-state index in [1.54, 1.807) is 6.34 Å². The van der Waals surface area contributed by atoms with Crippen LogP contribution in [0.25, 0.3) is 0 Å². The van der Waals surface area contributed by atoms with Crippen molar-refractivity contribution in [1.29, 1.82) is 0 Å². The standard InChI is InChI=1S/C11H14N2O/c1-9(2)13-8-12-14-11(13)10-6-4-3-5-7-10/h3-9,11H,1-2H3. The Balaban J connectivity index is 2.20. The molecular weight excluding hydrogens is 176 g/mol. The Bertz CT molecular complexity index is 321. The summed E-state index contributed by atoms with van der Waals surface area (Å²) in [7, 11) is 0. The summed E-state index contributed by atoms with van der Waals surface area (Å²) in [5, 5.41) is 3.84. The van der Waals surface area contributed by atoms with E-state index in [0.717, 1.165) is 5.56 Å². The molecule has 14 heavy (non-hydrogen) atoms. The Morgan fingerprint density at radius 1 is 1.29 bits per heavy atom. The second kappa shape index (κ2) is 3.70. The molecule has 1 aromatic rings. The molecule has 0 fully saturated rings. The highest BCUT2D eigenvalue weighted by molar-refractivity contribution is 5.57. The predicted octanol–water partition coefficient (Wildman–Crippen LogP) is 2.37. The third kappa shape index (κ3) is 1.58. The number of benzene rings is 1. The Morgan fingerprint density at radius 2 is 2.00 bits per heavy atom. The van der Waals surface area contributed by atoms with Crippen LogP contribution in [0, 0.1) is 0 Å². The van der Waals surface area contributed by atoms with Crippen LogP contribution in [0.2, 0.25) is 0 Å². The summed E-state index contributed by atoms with van der Waals surface area (Å²) in [5.74, 6) is 0. The molecule has 3 heteroatoms. The zero-order valence-electron chi connectivity index (χ0n) is 8.42. The van der Waals surface area contributed by atoms with Gasteiger partial charge < -0.3 is 9.74 Å². The molecule has 1 aliphatic heterocycles. The predicted molar refractivity (Wildman–Crippen MR) is 55.7 cm³/mol. The van der Waals surface area contributed by atoms with Gasteiger partial charge in [-0.05, 0) is 13.8 Å². The molecule has 0 aliphatic carbocycles. The van der Waals surface area contributed by atoms with E-state index in [-0.39, 0.29) is 6.23 Å². The van der Waals surface area contributed by atoms with E-state index in [0.29, 0.717) is 6.04 Å². The van der Waals surface area contributed by atoms with Gasteiger partial charge in [-0.15, -0.1) is 0 Å². The number of nitrogens with zero attached hydrogens (tertiary/aromatic N) is 2. The molecule has 0 saturated carbocycles. The Hall–Kier alpha value is -1.51. The zero-order chi connectivity index (χ0) is 9.97. The van der Waals surface area contributed by atoms with E-state index in [1.165, 1.54) is 0 Å². The van der Waals surface area contributed by atoms with Crippen LogP contribution in [0.5, 0.6) is 0 Å². The van der Waals surface area contributed by atoms with Gasteiger partial charge in [0.25, 0.3) is 0 Å². The fourth-order valence-electron chi connectivity index (χ4n) is 1.51. The van der Waals surface area contributed by atoms with Crippen molar-refractivity contribution in [3.05, 3.63) is 35.9 Å². The topological polar surface area (TPSA) is 24.8 Å². The van der Waals surface area contributed by atoms with Crippen LogP contribution in [0.1, 0.15) is 25.6 Å². The van der Waals surface area contributed by atoms with Crippen molar-refractivity contribution < 1.29 is 4.84 Å². The minimum absolute atomic E-state index is 0.0591. The summed E-state index contributed by atoms with van der Waals surface area (Å²) in [6.07, 6.45) is 1.69. The van der Waals surface area contributed by atoms with Crippen LogP contribution in [-0.4, -0.2) is 17.3 Å². The molecule has 1 aromatic carbocycles. The molecule has 2 rings (SSSR count). The first-order valence-electron chi connectivity index (χ1n) is 4.81. The smallest absolute Gasteiger partial charge is 0.227 e. The zero-order valence-corrected chi connectivity index (χ0v) is 8.42. The fourth-order valence-corrected chi connectivity index (χ4v) is 1.51. The second-order valence-electron chi connectivity index (χ2n) is 3.63. The lowest BCUT2D eigenvalue weighted by Crippen LogP contribution is -2.30. The molecule has 0 radical (unpaired) electrons. The van der Waals surface area contributed by atoms with Crippen molar-refractivity contribution in [1.82, 2.24) is 4.90 Å². The number of rotatable bonds is 2. The van der Waals surface area contributed by atoms with Crippen LogP contribution in [0.3, 0.4) is 0 Å². The molecule has 1 atom stereocenters. The minimum atomic E-state index is -0.0591. The molecule has 3 nitrogen and oxygen atoms in total. The van der Waals surface area contributed by atoms with Gasteiger partial charge in [-0.25, -0.2) is 0 Å². The molecular formula is C11H14N2O. The lowest BCUT2D eigenvalue weighted by atomic mass is 10.1. The molecule has 1 aliphatic rings. The summed E-state index contributed by atoms with van der Waals surface area (Å²) >= 11 is 0. The van der Waals surface area contributed by atoms with Crippen molar-refractivity contribution >= 4 is 6.34 Å². The maximum atomic E-state index is 5.31. The molecule has 1 unspecified atom stereocenters. The van der Waals surface area contributed by atoms with E-state index in [2.05, 4.69) is 36.0 Å². The van der Waals surface area contributed by atoms with Crippen molar-refractivity contribution in [2.75, 3.05) is 0 Å². The molecule has 0 bridgehead atoms. The van der Waals surface area contributed by atoms with Crippen molar-refractivity contribution in [3.8, 4) is 0 Å². The van der Waals surface area contributed by atoms with Gasteiger partial charge in [0.2, 0.25) is 6.23 Å². The molecule has 1 heterocycles. The normalized spacial score (nSPS) is 20.2. The maximum Gasteiger partial charge on any atom is 0.227 e. The lowest BCUT2D eigenvalue weighted by Gasteiger charge is -2.25. The van der Waals surface area contributed by atoms with Crippen molar-refractivity contribution in [2.45, 2.75) is 26.1 Å². The van der Waals surface area contributed by atoms with E-state index < -0.39 is 0 Å². The monoisotopic (exact) mass is 190 g/mol. The average Bonchev–Trinajstić information content (AvgIpc) is 2.67. The summed E-state index contributed by atoms with van der Waals surface area (Å²) in [5.41, 5.74) is 1.14. The second-order valence-corrected chi connectivity index (χ2v) is 3.63. The van der Waals surface area contributed by atoms with Crippen molar-refractivity contribution in [3.63, 3.8) is 0 Å². The first kappa shape index (κ1) is 9.06. The van der Waals surface area contributed by atoms with Crippen LogP contribution in [0.15, 0.2) is 35.5 Å². The van der Waals surface area contributed by atoms with E-state index >= 15 is 0 Å². The van der Waals surface area contributed by atoms with Gasteiger partial charge in [0.15, 0.2) is 0 Å². The average molecular weight is 190 g/mol. The maximum absolute atomic E-state index is 5.31. The third-order valence-electron chi connectivity index (χ3n) is 2.29. The number of oxime groups is 1. The fraction of sp³-hybridized carbons (Fsp3) is 0.364. The SMILES string of the molecule is CC(C)N1C=NOC1c1ccccc1. The molecule has 0 spiro atoms. The van der Waals surface area contributed by atoms with E-state index in [1.807, 2.05) is 18.2 Å². The summed E-state index contributed by atoms with van der Waals surface area (Å²) in [6.45, 7) is 4.24. The first-order valence-corrected chi connectivity index (χ1v) is 4.81.